The number of pyridine rings is 1. The molecule has 0 radical (unpaired) electrons. The lowest BCUT2D eigenvalue weighted by Gasteiger charge is -2.08. The molecule has 1 heterocycles. The van der Waals surface area contributed by atoms with Crippen molar-refractivity contribution in [2.24, 2.45) is 0 Å². The van der Waals surface area contributed by atoms with Crippen molar-refractivity contribution in [1.29, 1.82) is 10.5 Å². The summed E-state index contributed by atoms with van der Waals surface area (Å²) in [4.78, 5) is 15.0. The van der Waals surface area contributed by atoms with Gasteiger partial charge in [0.15, 0.2) is 0 Å². The van der Waals surface area contributed by atoms with Gasteiger partial charge in [0.05, 0.1) is 11.6 Å². The van der Waals surface area contributed by atoms with Crippen molar-refractivity contribution < 1.29 is 0 Å². The molecule has 0 unspecified atom stereocenters. The smallest absolute Gasteiger partial charge is 0.266 e. The zero-order valence-corrected chi connectivity index (χ0v) is 12.1. The molecule has 0 aliphatic carbocycles. The Balaban J connectivity index is 2.21. The average molecular weight is 297 g/mol. The predicted molar refractivity (Wildman–Crippen MR) is 87.4 cm³/mol. The molecule has 3 rings (SSSR count). The Kier molecular flexibility index (Phi) is 3.74. The summed E-state index contributed by atoms with van der Waals surface area (Å²) in [5, 5.41) is 18.1. The third-order valence-electron chi connectivity index (χ3n) is 3.55. The number of hydrogen-bond acceptors (Lipinski definition) is 3. The third-order valence-corrected chi connectivity index (χ3v) is 3.55. The van der Waals surface area contributed by atoms with Crippen LogP contribution in [-0.2, 0) is 0 Å². The molecular weight excluding hydrogens is 286 g/mol. The number of rotatable bonds is 2. The highest BCUT2D eigenvalue weighted by Crippen LogP contribution is 2.26. The Morgan fingerprint density at radius 3 is 2.13 bits per heavy atom. The Morgan fingerprint density at radius 1 is 0.826 bits per heavy atom. The Morgan fingerprint density at radius 2 is 1.52 bits per heavy atom. The quantitative estimate of drug-likeness (QED) is 0.786. The number of aromatic amines is 1. The van der Waals surface area contributed by atoms with Crippen LogP contribution in [0.5, 0.6) is 0 Å². The van der Waals surface area contributed by atoms with Gasteiger partial charge >= 0.3 is 0 Å². The number of nitrogens with zero attached hydrogens (tertiary/aromatic N) is 2. The van der Waals surface area contributed by atoms with E-state index in [1.807, 2.05) is 36.4 Å². The maximum Gasteiger partial charge on any atom is 0.266 e. The molecule has 108 valence electrons. The summed E-state index contributed by atoms with van der Waals surface area (Å²) >= 11 is 0. The van der Waals surface area contributed by atoms with Crippen LogP contribution in [0.2, 0.25) is 0 Å². The van der Waals surface area contributed by atoms with Gasteiger partial charge in [0.2, 0.25) is 0 Å². The fourth-order valence-electron chi connectivity index (χ4n) is 2.40. The Hall–Kier alpha value is -3.63. The zero-order valence-electron chi connectivity index (χ0n) is 12.1. The van der Waals surface area contributed by atoms with Crippen LogP contribution in [0.3, 0.4) is 0 Å². The second-order valence-corrected chi connectivity index (χ2v) is 4.97. The maximum absolute atomic E-state index is 12.2. The molecule has 4 nitrogen and oxygen atoms in total. The minimum Gasteiger partial charge on any atom is -0.321 e. The largest absolute Gasteiger partial charge is 0.321 e. The van der Waals surface area contributed by atoms with E-state index in [4.69, 9.17) is 5.26 Å². The lowest BCUT2D eigenvalue weighted by Crippen LogP contribution is -2.12. The van der Waals surface area contributed by atoms with Crippen molar-refractivity contribution in [3.8, 4) is 34.5 Å². The van der Waals surface area contributed by atoms with Gasteiger partial charge < -0.3 is 4.98 Å². The van der Waals surface area contributed by atoms with Crippen LogP contribution in [0.25, 0.3) is 22.4 Å². The molecule has 0 atom stereocenters. The van der Waals surface area contributed by atoms with Gasteiger partial charge in [0.1, 0.15) is 11.6 Å². The van der Waals surface area contributed by atoms with E-state index in [-0.39, 0.29) is 5.56 Å². The average Bonchev–Trinajstić information content (AvgIpc) is 2.62. The summed E-state index contributed by atoms with van der Waals surface area (Å²) in [6.07, 6.45) is 0. The van der Waals surface area contributed by atoms with Gasteiger partial charge in [-0.05, 0) is 29.3 Å². The lowest BCUT2D eigenvalue weighted by molar-refractivity contribution is 1.22. The van der Waals surface area contributed by atoms with Crippen LogP contribution in [-0.4, -0.2) is 4.98 Å². The summed E-state index contributed by atoms with van der Waals surface area (Å²) < 4.78 is 0. The first kappa shape index (κ1) is 14.3. The van der Waals surface area contributed by atoms with Crippen LogP contribution in [0.4, 0.5) is 0 Å². The van der Waals surface area contributed by atoms with E-state index in [0.29, 0.717) is 16.8 Å². The van der Waals surface area contributed by atoms with Crippen LogP contribution >= 0.6 is 0 Å². The van der Waals surface area contributed by atoms with Crippen molar-refractivity contribution >= 4 is 0 Å². The molecule has 2 aromatic carbocycles. The lowest BCUT2D eigenvalue weighted by atomic mass is 9.99. The Bertz CT molecular complexity index is 988. The van der Waals surface area contributed by atoms with E-state index < -0.39 is 5.56 Å². The summed E-state index contributed by atoms with van der Waals surface area (Å²) in [5.74, 6) is 0. The first-order chi connectivity index (χ1) is 11.2. The highest BCUT2D eigenvalue weighted by molar-refractivity contribution is 5.75. The molecule has 0 saturated carbocycles. The first-order valence-electron chi connectivity index (χ1n) is 6.96. The van der Waals surface area contributed by atoms with Gasteiger partial charge in [-0.1, -0.05) is 42.5 Å². The number of aromatic nitrogens is 1. The molecule has 0 spiro atoms. The van der Waals surface area contributed by atoms with Gasteiger partial charge in [0, 0.05) is 11.3 Å². The van der Waals surface area contributed by atoms with E-state index in [2.05, 4.69) is 11.1 Å². The molecule has 0 aliphatic rings. The Labute approximate surface area is 132 Å². The van der Waals surface area contributed by atoms with Crippen molar-refractivity contribution in [2.45, 2.75) is 0 Å². The van der Waals surface area contributed by atoms with Crippen LogP contribution < -0.4 is 5.56 Å². The molecule has 23 heavy (non-hydrogen) atoms. The molecule has 0 bridgehead atoms. The van der Waals surface area contributed by atoms with Gasteiger partial charge in [-0.25, -0.2) is 0 Å². The summed E-state index contributed by atoms with van der Waals surface area (Å²) in [6, 6.07) is 22.1. The van der Waals surface area contributed by atoms with Crippen molar-refractivity contribution in [3.63, 3.8) is 0 Å². The van der Waals surface area contributed by atoms with Crippen molar-refractivity contribution in [3.05, 3.63) is 82.1 Å². The summed E-state index contributed by atoms with van der Waals surface area (Å²) in [7, 11) is 0. The van der Waals surface area contributed by atoms with E-state index in [0.717, 1.165) is 11.1 Å². The molecule has 1 N–H and O–H groups in total. The van der Waals surface area contributed by atoms with Crippen molar-refractivity contribution in [1.82, 2.24) is 4.98 Å². The third kappa shape index (κ3) is 2.74. The van der Waals surface area contributed by atoms with Crippen LogP contribution in [0.1, 0.15) is 11.1 Å². The van der Waals surface area contributed by atoms with Gasteiger partial charge in [-0.2, -0.15) is 10.5 Å². The number of hydrogen-bond donors (Lipinski definition) is 1. The molecule has 0 aliphatic heterocycles. The van der Waals surface area contributed by atoms with Gasteiger partial charge in [-0.3, -0.25) is 4.79 Å². The molecular formula is C19H11N3O. The second kappa shape index (κ2) is 6.01. The van der Waals surface area contributed by atoms with Gasteiger partial charge in [0.25, 0.3) is 5.56 Å². The highest BCUT2D eigenvalue weighted by Gasteiger charge is 2.12. The number of H-pyrrole nitrogens is 1. The SMILES string of the molecule is N#Cc1ccc(-c2cc(-c3ccccc3)c(C#N)c(=O)[nH]2)cc1. The van der Waals surface area contributed by atoms with Crippen LogP contribution in [0, 0.1) is 22.7 Å². The van der Waals surface area contributed by atoms with Gasteiger partial charge in [-0.15, -0.1) is 0 Å². The predicted octanol–water partition coefficient (Wildman–Crippen LogP) is 3.45. The van der Waals surface area contributed by atoms with Crippen molar-refractivity contribution in [2.75, 3.05) is 0 Å². The summed E-state index contributed by atoms with van der Waals surface area (Å²) in [6.45, 7) is 0. The molecule has 1 aromatic heterocycles. The molecule has 0 amide bonds. The monoisotopic (exact) mass is 297 g/mol. The van der Waals surface area contributed by atoms with E-state index in [1.165, 1.54) is 0 Å². The minimum atomic E-state index is -0.423. The minimum absolute atomic E-state index is 0.0913. The topological polar surface area (TPSA) is 80.4 Å². The van der Waals surface area contributed by atoms with Crippen LogP contribution in [0.15, 0.2) is 65.5 Å². The standard InChI is InChI=1S/C19H11N3O/c20-11-13-6-8-15(9-7-13)18-10-16(14-4-2-1-3-5-14)17(12-21)19(23)22-18/h1-10H,(H,22,23). The number of benzene rings is 2. The summed E-state index contributed by atoms with van der Waals surface area (Å²) in [5.41, 5.74) is 3.01. The number of nitrogens with one attached hydrogen (secondary N) is 1. The van der Waals surface area contributed by atoms with E-state index in [9.17, 15) is 10.1 Å². The van der Waals surface area contributed by atoms with E-state index in [1.54, 1.807) is 30.3 Å². The zero-order chi connectivity index (χ0) is 16.2. The molecule has 0 saturated heterocycles. The molecule has 4 heteroatoms. The van der Waals surface area contributed by atoms with E-state index >= 15 is 0 Å². The highest BCUT2D eigenvalue weighted by atomic mass is 16.1. The maximum atomic E-state index is 12.2. The first-order valence-corrected chi connectivity index (χ1v) is 6.96. The fraction of sp³-hybridized carbons (Fsp3) is 0. The molecule has 0 fully saturated rings. The normalized spacial score (nSPS) is 9.83. The number of nitriles is 2. The molecule has 3 aromatic rings. The fourth-order valence-corrected chi connectivity index (χ4v) is 2.40. The second-order valence-electron chi connectivity index (χ2n) is 4.97.